The zero-order chi connectivity index (χ0) is 21.7. The van der Waals surface area contributed by atoms with E-state index in [0.29, 0.717) is 22.0 Å². The zero-order valence-electron chi connectivity index (χ0n) is 16.5. The van der Waals surface area contributed by atoms with Crippen LogP contribution in [-0.2, 0) is 21.2 Å². The van der Waals surface area contributed by atoms with Crippen LogP contribution in [0.15, 0.2) is 71.6 Å². The third-order valence-corrected chi connectivity index (χ3v) is 6.22. The fourth-order valence-corrected chi connectivity index (χ4v) is 4.47. The van der Waals surface area contributed by atoms with Crippen LogP contribution in [0.2, 0.25) is 5.02 Å². The topological polar surface area (TPSA) is 84.5 Å². The third kappa shape index (κ3) is 5.31. The summed E-state index contributed by atoms with van der Waals surface area (Å²) in [6.07, 6.45) is 0.130. The van der Waals surface area contributed by atoms with E-state index in [4.69, 9.17) is 16.3 Å². The molecule has 0 fully saturated rings. The Bertz CT molecular complexity index is 1180. The van der Waals surface area contributed by atoms with E-state index in [-0.39, 0.29) is 22.9 Å². The van der Waals surface area contributed by atoms with Crippen LogP contribution >= 0.6 is 11.6 Å². The van der Waals surface area contributed by atoms with Gasteiger partial charge in [-0.3, -0.25) is 9.52 Å². The highest BCUT2D eigenvalue weighted by Crippen LogP contribution is 2.27. The standard InChI is InChI=1S/C22H21ClN2O4S/c1-15-10-11-17(24-22(26)13-16-6-5-7-18(12-16)29-2)14-21(15)30(27,28)25-20-9-4-3-8-19(20)23/h3-12,14,25H,13H2,1-2H3,(H,24,26). The van der Waals surface area contributed by atoms with E-state index in [1.165, 1.54) is 6.07 Å². The lowest BCUT2D eigenvalue weighted by Crippen LogP contribution is -2.17. The maximum Gasteiger partial charge on any atom is 0.262 e. The van der Waals surface area contributed by atoms with Crippen LogP contribution in [0.5, 0.6) is 5.75 Å². The Kier molecular flexibility index (Phi) is 6.64. The molecule has 1 amide bonds. The average molecular weight is 445 g/mol. The summed E-state index contributed by atoms with van der Waals surface area (Å²) in [5.41, 5.74) is 1.99. The molecule has 3 aromatic carbocycles. The largest absolute Gasteiger partial charge is 0.497 e. The first kappa shape index (κ1) is 21.7. The van der Waals surface area contributed by atoms with Gasteiger partial charge in [-0.25, -0.2) is 8.42 Å². The number of carbonyl (C=O) groups excluding carboxylic acids is 1. The number of carbonyl (C=O) groups is 1. The Labute approximate surface area is 180 Å². The van der Waals surface area contributed by atoms with Crippen LogP contribution in [0.3, 0.4) is 0 Å². The number of para-hydroxylation sites is 1. The number of aryl methyl sites for hydroxylation is 1. The summed E-state index contributed by atoms with van der Waals surface area (Å²) in [6, 6.07) is 18.5. The Morgan fingerprint density at radius 3 is 2.53 bits per heavy atom. The molecule has 0 bridgehead atoms. The third-order valence-electron chi connectivity index (χ3n) is 4.38. The molecule has 3 aromatic rings. The van der Waals surface area contributed by atoms with E-state index >= 15 is 0 Å². The van der Waals surface area contributed by atoms with Crippen molar-refractivity contribution in [1.82, 2.24) is 0 Å². The number of hydrogen-bond donors (Lipinski definition) is 2. The smallest absolute Gasteiger partial charge is 0.262 e. The van der Waals surface area contributed by atoms with Gasteiger partial charge in [0, 0.05) is 5.69 Å². The molecule has 0 atom stereocenters. The number of anilines is 2. The van der Waals surface area contributed by atoms with Crippen molar-refractivity contribution in [2.24, 2.45) is 0 Å². The number of rotatable bonds is 7. The zero-order valence-corrected chi connectivity index (χ0v) is 18.0. The van der Waals surface area contributed by atoms with Gasteiger partial charge in [-0.1, -0.05) is 41.9 Å². The van der Waals surface area contributed by atoms with E-state index in [0.717, 1.165) is 5.56 Å². The number of ether oxygens (including phenoxy) is 1. The number of halogens is 1. The molecular formula is C22H21ClN2O4S. The van der Waals surface area contributed by atoms with Gasteiger partial charge in [0.05, 0.1) is 29.1 Å². The highest BCUT2D eigenvalue weighted by molar-refractivity contribution is 7.92. The first-order valence-corrected chi connectivity index (χ1v) is 11.0. The molecule has 8 heteroatoms. The van der Waals surface area contributed by atoms with Crippen molar-refractivity contribution in [2.75, 3.05) is 17.1 Å². The monoisotopic (exact) mass is 444 g/mol. The number of benzene rings is 3. The Hall–Kier alpha value is -3.03. The molecule has 0 aromatic heterocycles. The molecule has 6 nitrogen and oxygen atoms in total. The van der Waals surface area contributed by atoms with E-state index in [1.54, 1.807) is 68.6 Å². The number of nitrogens with one attached hydrogen (secondary N) is 2. The van der Waals surface area contributed by atoms with Crippen molar-refractivity contribution >= 4 is 38.9 Å². The van der Waals surface area contributed by atoms with Crippen LogP contribution in [0.25, 0.3) is 0 Å². The van der Waals surface area contributed by atoms with Crippen LogP contribution in [0.4, 0.5) is 11.4 Å². The number of sulfonamides is 1. The lowest BCUT2D eigenvalue weighted by molar-refractivity contribution is -0.115. The number of hydrogen-bond acceptors (Lipinski definition) is 4. The molecule has 156 valence electrons. The van der Waals surface area contributed by atoms with Crippen molar-refractivity contribution in [3.05, 3.63) is 82.9 Å². The van der Waals surface area contributed by atoms with Crippen molar-refractivity contribution in [2.45, 2.75) is 18.2 Å². The summed E-state index contributed by atoms with van der Waals surface area (Å²) < 4.78 is 33.4. The summed E-state index contributed by atoms with van der Waals surface area (Å²) >= 11 is 6.06. The van der Waals surface area contributed by atoms with Gasteiger partial charge in [-0.15, -0.1) is 0 Å². The maximum atomic E-state index is 12.9. The molecule has 0 aliphatic heterocycles. The lowest BCUT2D eigenvalue weighted by atomic mass is 10.1. The van der Waals surface area contributed by atoms with E-state index in [9.17, 15) is 13.2 Å². The molecule has 0 aliphatic rings. The molecule has 0 spiro atoms. The molecule has 0 saturated carbocycles. The van der Waals surface area contributed by atoms with Crippen molar-refractivity contribution in [3.8, 4) is 5.75 Å². The molecule has 0 aliphatic carbocycles. The highest BCUT2D eigenvalue weighted by Gasteiger charge is 2.19. The van der Waals surface area contributed by atoms with Gasteiger partial charge < -0.3 is 10.1 Å². The minimum atomic E-state index is -3.89. The summed E-state index contributed by atoms with van der Waals surface area (Å²) in [6.45, 7) is 1.68. The Balaban J connectivity index is 1.79. The van der Waals surface area contributed by atoms with E-state index in [1.807, 2.05) is 6.07 Å². The fraction of sp³-hybridized carbons (Fsp3) is 0.136. The molecule has 2 N–H and O–H groups in total. The van der Waals surface area contributed by atoms with Gasteiger partial charge in [-0.2, -0.15) is 0 Å². The molecule has 0 radical (unpaired) electrons. The minimum absolute atomic E-state index is 0.0570. The summed E-state index contributed by atoms with van der Waals surface area (Å²) in [5.74, 6) is 0.393. The van der Waals surface area contributed by atoms with Crippen molar-refractivity contribution in [3.63, 3.8) is 0 Å². The maximum absolute atomic E-state index is 12.9. The normalized spacial score (nSPS) is 11.0. The second kappa shape index (κ2) is 9.19. The first-order chi connectivity index (χ1) is 14.3. The SMILES string of the molecule is COc1cccc(CC(=O)Nc2ccc(C)c(S(=O)(=O)Nc3ccccc3Cl)c2)c1. The minimum Gasteiger partial charge on any atom is -0.497 e. The summed E-state index contributed by atoms with van der Waals surface area (Å²) in [5, 5.41) is 3.04. The molecule has 30 heavy (non-hydrogen) atoms. The summed E-state index contributed by atoms with van der Waals surface area (Å²) in [4.78, 5) is 12.5. The van der Waals surface area contributed by atoms with Crippen LogP contribution in [-0.4, -0.2) is 21.4 Å². The number of methoxy groups -OCH3 is 1. The van der Waals surface area contributed by atoms with Crippen LogP contribution in [0.1, 0.15) is 11.1 Å². The highest BCUT2D eigenvalue weighted by atomic mass is 35.5. The van der Waals surface area contributed by atoms with Gasteiger partial charge >= 0.3 is 0 Å². The number of amides is 1. The molecule has 0 unspecified atom stereocenters. The second-order valence-electron chi connectivity index (χ2n) is 6.64. The first-order valence-electron chi connectivity index (χ1n) is 9.09. The average Bonchev–Trinajstić information content (AvgIpc) is 2.71. The lowest BCUT2D eigenvalue weighted by Gasteiger charge is -2.13. The quantitative estimate of drug-likeness (QED) is 0.556. The molecule has 0 heterocycles. The van der Waals surface area contributed by atoms with Crippen molar-refractivity contribution in [1.29, 1.82) is 0 Å². The van der Waals surface area contributed by atoms with Gasteiger partial charge in [0.25, 0.3) is 10.0 Å². The van der Waals surface area contributed by atoms with Gasteiger partial charge in [0.15, 0.2) is 0 Å². The molecular weight excluding hydrogens is 424 g/mol. The van der Waals surface area contributed by atoms with Crippen molar-refractivity contribution < 1.29 is 17.9 Å². The van der Waals surface area contributed by atoms with Crippen LogP contribution in [0, 0.1) is 6.92 Å². The molecule has 3 rings (SSSR count). The van der Waals surface area contributed by atoms with E-state index < -0.39 is 10.0 Å². The Morgan fingerprint density at radius 2 is 1.80 bits per heavy atom. The second-order valence-corrected chi connectivity index (χ2v) is 8.70. The fourth-order valence-electron chi connectivity index (χ4n) is 2.88. The van der Waals surface area contributed by atoms with Crippen LogP contribution < -0.4 is 14.8 Å². The molecule has 0 saturated heterocycles. The van der Waals surface area contributed by atoms with Gasteiger partial charge in [0.2, 0.25) is 5.91 Å². The van der Waals surface area contributed by atoms with Gasteiger partial charge in [0.1, 0.15) is 5.75 Å². The Morgan fingerprint density at radius 1 is 1.03 bits per heavy atom. The van der Waals surface area contributed by atoms with E-state index in [2.05, 4.69) is 10.0 Å². The predicted octanol–water partition coefficient (Wildman–Crippen LogP) is 4.64. The van der Waals surface area contributed by atoms with Gasteiger partial charge in [-0.05, 0) is 54.4 Å². The predicted molar refractivity (Wildman–Crippen MR) is 119 cm³/mol. The summed E-state index contributed by atoms with van der Waals surface area (Å²) in [7, 11) is -2.34.